The molecule has 1 fully saturated rings. The van der Waals surface area contributed by atoms with Crippen LogP contribution in [-0.2, 0) is 9.59 Å². The number of hydrogen-bond donors (Lipinski definition) is 0. The molecule has 0 spiro atoms. The standard InChI is InChI=1S/C30H40N2O5/c1-18-19(2)27-25(20(3)26(18)36-22(5)33)21(4)29(6,7)30(8,37-27)28(34)32-16-14-31(15-17-32)23-10-12-24(35-9)13-11-23/h10-13,21H,14-17H2,1-9H3. The van der Waals surface area contributed by atoms with E-state index in [1.54, 1.807) is 7.11 Å². The van der Waals surface area contributed by atoms with Crippen LogP contribution in [0.3, 0.4) is 0 Å². The van der Waals surface area contributed by atoms with E-state index in [9.17, 15) is 9.59 Å². The summed E-state index contributed by atoms with van der Waals surface area (Å²) >= 11 is 0. The molecule has 4 rings (SSSR count). The van der Waals surface area contributed by atoms with Crippen LogP contribution in [0, 0.1) is 26.2 Å². The molecule has 0 bridgehead atoms. The highest BCUT2D eigenvalue weighted by molar-refractivity contribution is 5.88. The summed E-state index contributed by atoms with van der Waals surface area (Å²) in [6.45, 7) is 18.4. The monoisotopic (exact) mass is 508 g/mol. The fourth-order valence-corrected chi connectivity index (χ4v) is 5.76. The van der Waals surface area contributed by atoms with Crippen LogP contribution in [0.2, 0.25) is 0 Å². The van der Waals surface area contributed by atoms with Gasteiger partial charge in [-0.15, -0.1) is 0 Å². The Morgan fingerprint density at radius 3 is 2.08 bits per heavy atom. The van der Waals surface area contributed by atoms with Gasteiger partial charge in [-0.3, -0.25) is 9.59 Å². The largest absolute Gasteiger partial charge is 0.497 e. The minimum Gasteiger partial charge on any atom is -0.497 e. The molecule has 2 aliphatic heterocycles. The second-order valence-electron chi connectivity index (χ2n) is 11.1. The van der Waals surface area contributed by atoms with Crippen molar-refractivity contribution in [3.63, 3.8) is 0 Å². The lowest BCUT2D eigenvalue weighted by molar-refractivity contribution is -0.162. The maximum Gasteiger partial charge on any atom is 0.308 e. The minimum absolute atomic E-state index is 0.000559. The van der Waals surface area contributed by atoms with Gasteiger partial charge in [-0.2, -0.15) is 0 Å². The van der Waals surface area contributed by atoms with Gasteiger partial charge in [-0.25, -0.2) is 0 Å². The Labute approximate surface area is 220 Å². The Balaban J connectivity index is 1.62. The summed E-state index contributed by atoms with van der Waals surface area (Å²) in [4.78, 5) is 30.2. The number of hydrogen-bond acceptors (Lipinski definition) is 6. The minimum atomic E-state index is -1.05. The van der Waals surface area contributed by atoms with Crippen LogP contribution in [0.15, 0.2) is 24.3 Å². The first kappa shape index (κ1) is 26.8. The van der Waals surface area contributed by atoms with Crippen molar-refractivity contribution in [2.24, 2.45) is 5.41 Å². The Kier molecular flexibility index (Phi) is 6.95. The molecule has 0 N–H and O–H groups in total. The van der Waals surface area contributed by atoms with E-state index in [1.165, 1.54) is 6.92 Å². The smallest absolute Gasteiger partial charge is 0.308 e. The maximum absolute atomic E-state index is 14.2. The van der Waals surface area contributed by atoms with Crippen molar-refractivity contribution in [3.8, 4) is 17.2 Å². The molecular formula is C30H40N2O5. The van der Waals surface area contributed by atoms with Crippen LogP contribution in [0.5, 0.6) is 17.2 Å². The van der Waals surface area contributed by atoms with Crippen molar-refractivity contribution in [2.75, 3.05) is 38.2 Å². The average Bonchev–Trinajstić information content (AvgIpc) is 2.88. The number of piperazine rings is 1. The zero-order valence-electron chi connectivity index (χ0n) is 23.7. The summed E-state index contributed by atoms with van der Waals surface area (Å²) in [6, 6.07) is 8.04. The Bertz CT molecular complexity index is 1210. The van der Waals surface area contributed by atoms with Crippen molar-refractivity contribution in [1.82, 2.24) is 4.90 Å². The summed E-state index contributed by atoms with van der Waals surface area (Å²) < 4.78 is 17.6. The van der Waals surface area contributed by atoms with Crippen molar-refractivity contribution in [2.45, 2.75) is 66.9 Å². The molecule has 37 heavy (non-hydrogen) atoms. The van der Waals surface area contributed by atoms with Crippen LogP contribution < -0.4 is 19.1 Å². The topological polar surface area (TPSA) is 68.3 Å². The predicted molar refractivity (Wildman–Crippen MR) is 145 cm³/mol. The fourth-order valence-electron chi connectivity index (χ4n) is 5.76. The molecular weight excluding hydrogens is 468 g/mol. The van der Waals surface area contributed by atoms with Gasteiger partial charge in [-0.05, 0) is 74.6 Å². The molecule has 7 heteroatoms. The van der Waals surface area contributed by atoms with E-state index in [-0.39, 0.29) is 17.8 Å². The van der Waals surface area contributed by atoms with E-state index in [1.807, 2.05) is 44.7 Å². The van der Waals surface area contributed by atoms with Crippen molar-refractivity contribution in [1.29, 1.82) is 0 Å². The van der Waals surface area contributed by atoms with Crippen molar-refractivity contribution < 1.29 is 23.8 Å². The first-order valence-corrected chi connectivity index (χ1v) is 13.0. The van der Waals surface area contributed by atoms with E-state index in [0.717, 1.165) is 52.5 Å². The Hall–Kier alpha value is -3.22. The summed E-state index contributed by atoms with van der Waals surface area (Å²) in [5.41, 5.74) is 3.25. The van der Waals surface area contributed by atoms with Gasteiger partial charge in [0, 0.05) is 49.8 Å². The lowest BCUT2D eigenvalue weighted by atomic mass is 9.62. The number of rotatable bonds is 4. The highest BCUT2D eigenvalue weighted by atomic mass is 16.5. The van der Waals surface area contributed by atoms with Crippen LogP contribution in [0.1, 0.15) is 62.8 Å². The summed E-state index contributed by atoms with van der Waals surface area (Å²) in [5.74, 6) is 1.84. The lowest BCUT2D eigenvalue weighted by Crippen LogP contribution is -2.64. The van der Waals surface area contributed by atoms with Crippen molar-refractivity contribution in [3.05, 3.63) is 46.5 Å². The molecule has 1 amide bonds. The molecule has 2 aliphatic rings. The number of anilines is 1. The van der Waals surface area contributed by atoms with E-state index in [4.69, 9.17) is 14.2 Å². The number of methoxy groups -OCH3 is 1. The second kappa shape index (κ2) is 9.58. The number of benzene rings is 2. The number of ether oxygens (including phenoxy) is 3. The molecule has 2 aromatic rings. The summed E-state index contributed by atoms with van der Waals surface area (Å²) in [6.07, 6.45) is 0. The summed E-state index contributed by atoms with van der Waals surface area (Å²) in [7, 11) is 1.66. The molecule has 0 radical (unpaired) electrons. The average molecular weight is 509 g/mol. The third-order valence-corrected chi connectivity index (χ3v) is 8.94. The fraction of sp³-hybridized carbons (Fsp3) is 0.533. The molecule has 2 unspecified atom stereocenters. The molecule has 0 aliphatic carbocycles. The SMILES string of the molecule is COc1ccc(N2CCN(C(=O)C3(C)Oc4c(C)c(C)c(OC(C)=O)c(C)c4C(C)C3(C)C)CC2)cc1. The number of esters is 1. The van der Waals surface area contributed by atoms with Gasteiger partial charge < -0.3 is 24.0 Å². The number of carbonyl (C=O) groups is 2. The number of carbonyl (C=O) groups excluding carboxylic acids is 2. The van der Waals surface area contributed by atoms with Crippen LogP contribution in [0.25, 0.3) is 0 Å². The Morgan fingerprint density at radius 1 is 0.946 bits per heavy atom. The maximum atomic E-state index is 14.2. The second-order valence-corrected chi connectivity index (χ2v) is 11.1. The van der Waals surface area contributed by atoms with Gasteiger partial charge in [0.15, 0.2) is 5.60 Å². The van der Waals surface area contributed by atoms with E-state index >= 15 is 0 Å². The zero-order chi connectivity index (χ0) is 27.3. The number of fused-ring (bicyclic) bond motifs is 1. The third-order valence-electron chi connectivity index (χ3n) is 8.94. The molecule has 0 aromatic heterocycles. The first-order valence-electron chi connectivity index (χ1n) is 13.0. The van der Waals surface area contributed by atoms with Crippen LogP contribution in [0.4, 0.5) is 5.69 Å². The van der Waals surface area contributed by atoms with Crippen LogP contribution in [-0.4, -0.2) is 55.7 Å². The van der Waals surface area contributed by atoms with Crippen molar-refractivity contribution >= 4 is 17.6 Å². The first-order chi connectivity index (χ1) is 17.3. The predicted octanol–water partition coefficient (Wildman–Crippen LogP) is 5.18. The van der Waals surface area contributed by atoms with Gasteiger partial charge in [0.05, 0.1) is 7.11 Å². The zero-order valence-corrected chi connectivity index (χ0v) is 23.7. The van der Waals surface area contributed by atoms with E-state index in [0.29, 0.717) is 18.8 Å². The quantitative estimate of drug-likeness (QED) is 0.419. The molecule has 2 aromatic carbocycles. The van der Waals surface area contributed by atoms with Gasteiger partial charge in [-0.1, -0.05) is 20.8 Å². The number of nitrogens with zero attached hydrogens (tertiary/aromatic N) is 2. The van der Waals surface area contributed by atoms with Gasteiger partial charge in [0.25, 0.3) is 5.91 Å². The highest BCUT2D eigenvalue weighted by Crippen LogP contribution is 2.57. The third kappa shape index (κ3) is 4.32. The van der Waals surface area contributed by atoms with E-state index in [2.05, 4.69) is 37.8 Å². The molecule has 1 saturated heterocycles. The normalized spacial score (nSPS) is 22.7. The molecule has 7 nitrogen and oxygen atoms in total. The number of amides is 1. The van der Waals surface area contributed by atoms with Gasteiger partial charge >= 0.3 is 5.97 Å². The summed E-state index contributed by atoms with van der Waals surface area (Å²) in [5, 5.41) is 0. The van der Waals surface area contributed by atoms with Gasteiger partial charge in [0.1, 0.15) is 17.2 Å². The highest BCUT2D eigenvalue weighted by Gasteiger charge is 2.58. The van der Waals surface area contributed by atoms with Gasteiger partial charge in [0.2, 0.25) is 0 Å². The molecule has 0 saturated carbocycles. The molecule has 200 valence electrons. The van der Waals surface area contributed by atoms with E-state index < -0.39 is 11.0 Å². The lowest BCUT2D eigenvalue weighted by Gasteiger charge is -2.53. The Morgan fingerprint density at radius 2 is 1.54 bits per heavy atom. The van der Waals surface area contributed by atoms with Crippen LogP contribution >= 0.6 is 0 Å². The molecule has 2 heterocycles. The molecule has 2 atom stereocenters.